The van der Waals surface area contributed by atoms with Gasteiger partial charge in [-0.2, -0.15) is 0 Å². The molecule has 0 aromatic heterocycles. The van der Waals surface area contributed by atoms with Gasteiger partial charge in [0.1, 0.15) is 0 Å². The predicted molar refractivity (Wildman–Crippen MR) is 61.4 cm³/mol. The first-order valence-corrected chi connectivity index (χ1v) is 6.77. The lowest BCUT2D eigenvalue weighted by atomic mass is 9.70. The molecule has 3 aliphatic rings. The second-order valence-corrected chi connectivity index (χ2v) is 6.66. The standard InChI is InChI=1S/C14H24O/c1-8(2)10-5-4-9(3)14-7-6-11(15)13(14)12(10)14/h8-13,15H,4-7H2,1-3H3/t9-,10+,11-,12?,13?,14?/m1/s1. The van der Waals surface area contributed by atoms with Gasteiger partial charge in [0.2, 0.25) is 0 Å². The van der Waals surface area contributed by atoms with Crippen molar-refractivity contribution in [1.82, 2.24) is 0 Å². The molecule has 3 saturated carbocycles. The Balaban J connectivity index is 1.88. The summed E-state index contributed by atoms with van der Waals surface area (Å²) in [5.41, 5.74) is 0.590. The van der Waals surface area contributed by atoms with Crippen LogP contribution in [0.1, 0.15) is 46.5 Å². The maximum atomic E-state index is 10.1. The molecule has 3 aliphatic carbocycles. The second kappa shape index (κ2) is 3.00. The van der Waals surface area contributed by atoms with E-state index in [1.54, 1.807) is 0 Å². The van der Waals surface area contributed by atoms with Gasteiger partial charge in [0.25, 0.3) is 0 Å². The smallest absolute Gasteiger partial charge is 0.0577 e. The zero-order chi connectivity index (χ0) is 10.8. The third-order valence-corrected chi connectivity index (χ3v) is 5.97. The molecular weight excluding hydrogens is 184 g/mol. The minimum absolute atomic E-state index is 0.0387. The maximum absolute atomic E-state index is 10.1. The van der Waals surface area contributed by atoms with Crippen molar-refractivity contribution in [2.45, 2.75) is 52.6 Å². The highest BCUT2D eigenvalue weighted by Crippen LogP contribution is 2.77. The molecule has 0 heterocycles. The molecule has 15 heavy (non-hydrogen) atoms. The highest BCUT2D eigenvalue weighted by Gasteiger charge is 2.74. The van der Waals surface area contributed by atoms with Crippen molar-refractivity contribution in [1.29, 1.82) is 0 Å². The molecule has 0 saturated heterocycles. The van der Waals surface area contributed by atoms with Crippen molar-refractivity contribution in [2.75, 3.05) is 0 Å². The van der Waals surface area contributed by atoms with Gasteiger partial charge >= 0.3 is 0 Å². The van der Waals surface area contributed by atoms with Crippen LogP contribution in [-0.2, 0) is 0 Å². The summed E-state index contributed by atoms with van der Waals surface area (Å²) in [6.07, 6.45) is 5.25. The van der Waals surface area contributed by atoms with Crippen molar-refractivity contribution < 1.29 is 5.11 Å². The third-order valence-electron chi connectivity index (χ3n) is 5.97. The Kier molecular flexibility index (Phi) is 2.03. The summed E-state index contributed by atoms with van der Waals surface area (Å²) in [6.45, 7) is 7.17. The van der Waals surface area contributed by atoms with E-state index in [9.17, 15) is 5.11 Å². The molecule has 1 N–H and O–H groups in total. The molecule has 1 nitrogen and oxygen atoms in total. The van der Waals surface area contributed by atoms with E-state index in [2.05, 4.69) is 20.8 Å². The van der Waals surface area contributed by atoms with E-state index in [0.717, 1.165) is 30.1 Å². The lowest BCUT2D eigenvalue weighted by molar-refractivity contribution is 0.117. The molecule has 6 atom stereocenters. The SMILES string of the molecule is CC(C)[C@@H]1CC[C@@H](C)C23CC[C@@H](O)C2C13. The summed E-state index contributed by atoms with van der Waals surface area (Å²) < 4.78 is 0. The minimum atomic E-state index is 0.0387. The van der Waals surface area contributed by atoms with Crippen LogP contribution in [0.2, 0.25) is 0 Å². The van der Waals surface area contributed by atoms with Gasteiger partial charge in [-0.3, -0.25) is 0 Å². The van der Waals surface area contributed by atoms with Gasteiger partial charge in [-0.25, -0.2) is 0 Å². The Labute approximate surface area is 93.3 Å². The first-order valence-electron chi connectivity index (χ1n) is 6.77. The minimum Gasteiger partial charge on any atom is -0.393 e. The van der Waals surface area contributed by atoms with E-state index in [1.807, 2.05) is 0 Å². The number of hydrogen-bond acceptors (Lipinski definition) is 1. The maximum Gasteiger partial charge on any atom is 0.0577 e. The van der Waals surface area contributed by atoms with Gasteiger partial charge in [0, 0.05) is 0 Å². The van der Waals surface area contributed by atoms with Gasteiger partial charge in [-0.15, -0.1) is 0 Å². The molecule has 0 radical (unpaired) electrons. The topological polar surface area (TPSA) is 20.2 Å². The quantitative estimate of drug-likeness (QED) is 0.702. The molecule has 86 valence electrons. The molecule has 1 spiro atoms. The second-order valence-electron chi connectivity index (χ2n) is 6.66. The van der Waals surface area contributed by atoms with Crippen LogP contribution < -0.4 is 0 Å². The van der Waals surface area contributed by atoms with E-state index < -0.39 is 0 Å². The molecule has 3 unspecified atom stereocenters. The normalized spacial score (nSPS) is 57.8. The summed E-state index contributed by atoms with van der Waals surface area (Å²) >= 11 is 0. The molecule has 3 rings (SSSR count). The largest absolute Gasteiger partial charge is 0.393 e. The summed E-state index contributed by atoms with van der Waals surface area (Å²) in [5, 5.41) is 10.1. The van der Waals surface area contributed by atoms with Gasteiger partial charge in [0.05, 0.1) is 6.10 Å². The first-order chi connectivity index (χ1) is 7.09. The Morgan fingerprint density at radius 1 is 1.13 bits per heavy atom. The van der Waals surface area contributed by atoms with Crippen LogP contribution in [0, 0.1) is 35.0 Å². The van der Waals surface area contributed by atoms with Gasteiger partial charge in [0.15, 0.2) is 0 Å². The Hall–Kier alpha value is -0.0400. The van der Waals surface area contributed by atoms with Crippen molar-refractivity contribution in [3.63, 3.8) is 0 Å². The van der Waals surface area contributed by atoms with Gasteiger partial charge in [-0.1, -0.05) is 20.8 Å². The molecule has 0 aliphatic heterocycles. The predicted octanol–water partition coefficient (Wildman–Crippen LogP) is 3.08. The number of hydrogen-bond donors (Lipinski definition) is 1. The Morgan fingerprint density at radius 2 is 1.87 bits per heavy atom. The average molecular weight is 208 g/mol. The van der Waals surface area contributed by atoms with Crippen LogP contribution in [0.3, 0.4) is 0 Å². The fraction of sp³-hybridized carbons (Fsp3) is 1.00. The number of fused-ring (bicyclic) bond motifs is 1. The Morgan fingerprint density at radius 3 is 2.53 bits per heavy atom. The Bertz CT molecular complexity index is 273. The van der Waals surface area contributed by atoms with Crippen molar-refractivity contribution >= 4 is 0 Å². The highest BCUT2D eigenvalue weighted by molar-refractivity contribution is 5.22. The molecule has 1 heteroatoms. The molecule has 3 fully saturated rings. The fourth-order valence-corrected chi connectivity index (χ4v) is 5.24. The number of aliphatic hydroxyl groups excluding tert-OH is 1. The van der Waals surface area contributed by atoms with E-state index in [4.69, 9.17) is 0 Å². The van der Waals surface area contributed by atoms with Gasteiger partial charge in [-0.05, 0) is 60.7 Å². The molecule has 0 amide bonds. The zero-order valence-corrected chi connectivity index (χ0v) is 10.2. The zero-order valence-electron chi connectivity index (χ0n) is 10.2. The molecule has 0 aromatic rings. The lowest BCUT2D eigenvalue weighted by Gasteiger charge is -2.35. The third kappa shape index (κ3) is 1.08. The van der Waals surface area contributed by atoms with Crippen molar-refractivity contribution in [2.24, 2.45) is 35.0 Å². The van der Waals surface area contributed by atoms with E-state index in [1.165, 1.54) is 19.3 Å². The fourth-order valence-electron chi connectivity index (χ4n) is 5.24. The lowest BCUT2D eigenvalue weighted by Crippen LogP contribution is -2.28. The van der Waals surface area contributed by atoms with E-state index in [-0.39, 0.29) is 6.10 Å². The number of aliphatic hydroxyl groups is 1. The van der Waals surface area contributed by atoms with Crippen molar-refractivity contribution in [3.05, 3.63) is 0 Å². The molecule has 0 aromatic carbocycles. The van der Waals surface area contributed by atoms with Crippen LogP contribution in [0.5, 0.6) is 0 Å². The summed E-state index contributed by atoms with van der Waals surface area (Å²) in [4.78, 5) is 0. The molecule has 0 bridgehead atoms. The van der Waals surface area contributed by atoms with E-state index >= 15 is 0 Å². The highest BCUT2D eigenvalue weighted by atomic mass is 16.3. The summed E-state index contributed by atoms with van der Waals surface area (Å²) in [5.74, 6) is 4.16. The molecular formula is C14H24O. The summed E-state index contributed by atoms with van der Waals surface area (Å²) in [7, 11) is 0. The van der Waals surface area contributed by atoms with Crippen LogP contribution in [-0.4, -0.2) is 11.2 Å². The first kappa shape index (κ1) is 10.1. The van der Waals surface area contributed by atoms with Crippen LogP contribution in [0.15, 0.2) is 0 Å². The van der Waals surface area contributed by atoms with Crippen LogP contribution in [0.25, 0.3) is 0 Å². The number of rotatable bonds is 1. The average Bonchev–Trinajstić information content (AvgIpc) is 2.75. The summed E-state index contributed by atoms with van der Waals surface area (Å²) in [6, 6.07) is 0. The van der Waals surface area contributed by atoms with Crippen LogP contribution in [0.4, 0.5) is 0 Å². The monoisotopic (exact) mass is 208 g/mol. The van der Waals surface area contributed by atoms with Crippen LogP contribution >= 0.6 is 0 Å². The van der Waals surface area contributed by atoms with Gasteiger partial charge < -0.3 is 5.11 Å². The van der Waals surface area contributed by atoms with Crippen molar-refractivity contribution in [3.8, 4) is 0 Å². The van der Waals surface area contributed by atoms with E-state index in [0.29, 0.717) is 11.3 Å².